The van der Waals surface area contributed by atoms with Gasteiger partial charge in [0, 0.05) is 23.9 Å². The van der Waals surface area contributed by atoms with Crippen LogP contribution in [0.4, 0.5) is 0 Å². The van der Waals surface area contributed by atoms with Gasteiger partial charge in [-0.05, 0) is 27.7 Å². The molecule has 1 N–H and O–H groups in total. The Hall–Kier alpha value is -0.550. The number of hydrogen-bond donors (Lipinski definition) is 1. The summed E-state index contributed by atoms with van der Waals surface area (Å²) in [7, 11) is 0. The van der Waals surface area contributed by atoms with Crippen LogP contribution < -0.4 is 5.32 Å². The van der Waals surface area contributed by atoms with E-state index in [0.29, 0.717) is 0 Å². The Labute approximate surface area is 75.2 Å². The maximum atomic E-state index is 7.05. The molecule has 1 fully saturated rings. The highest BCUT2D eigenvalue weighted by atomic mass is 15.1. The minimum absolute atomic E-state index is 0.122. The van der Waals surface area contributed by atoms with E-state index in [4.69, 9.17) is 6.57 Å². The lowest BCUT2D eigenvalue weighted by Crippen LogP contribution is -2.58. The summed E-state index contributed by atoms with van der Waals surface area (Å²) in [5.41, 5.74) is 0.244. The highest BCUT2D eigenvalue weighted by molar-refractivity contribution is 5.02. The Morgan fingerprint density at radius 2 is 1.58 bits per heavy atom. The van der Waals surface area contributed by atoms with Gasteiger partial charge in [0.1, 0.15) is 0 Å². The lowest BCUT2D eigenvalue weighted by Gasteiger charge is -2.41. The second kappa shape index (κ2) is 2.74. The molecule has 1 rings (SSSR count). The predicted octanol–water partition coefficient (Wildman–Crippen LogP) is 2.21. The lowest BCUT2D eigenvalue weighted by atomic mass is 9.80. The van der Waals surface area contributed by atoms with E-state index in [2.05, 4.69) is 37.9 Å². The zero-order valence-electron chi connectivity index (χ0n) is 8.44. The molecule has 0 aliphatic carbocycles. The normalized spacial score (nSPS) is 27.9. The highest BCUT2D eigenvalue weighted by Gasteiger charge is 2.42. The van der Waals surface area contributed by atoms with E-state index >= 15 is 0 Å². The quantitative estimate of drug-likeness (QED) is 0.583. The number of nitrogens with zero attached hydrogens (tertiary/aromatic N) is 1. The smallest absolute Gasteiger partial charge is 0.306 e. The fraction of sp³-hybridized carbons (Fsp3) is 0.900. The molecule has 0 spiro atoms. The molecule has 67 valence electrons. The Balaban J connectivity index is 2.75. The van der Waals surface area contributed by atoms with Crippen LogP contribution in [-0.4, -0.2) is 17.1 Å². The van der Waals surface area contributed by atoms with Crippen LogP contribution in [0.3, 0.4) is 0 Å². The summed E-state index contributed by atoms with van der Waals surface area (Å²) < 4.78 is 0. The van der Waals surface area contributed by atoms with Crippen molar-refractivity contribution in [3.63, 3.8) is 0 Å². The summed E-state index contributed by atoms with van der Waals surface area (Å²) in [6, 6.07) is 0.205. The van der Waals surface area contributed by atoms with Crippen LogP contribution in [0.15, 0.2) is 0 Å². The summed E-state index contributed by atoms with van der Waals surface area (Å²) in [5, 5.41) is 3.55. The van der Waals surface area contributed by atoms with Gasteiger partial charge in [0.25, 0.3) is 6.04 Å². The summed E-state index contributed by atoms with van der Waals surface area (Å²) in [4.78, 5) is 3.65. The second-order valence-electron chi connectivity index (χ2n) is 5.08. The molecule has 0 bridgehead atoms. The van der Waals surface area contributed by atoms with Crippen molar-refractivity contribution in [1.29, 1.82) is 0 Å². The molecule has 0 atom stereocenters. The molecule has 1 heterocycles. The number of hydrogen-bond acceptors (Lipinski definition) is 1. The van der Waals surface area contributed by atoms with Gasteiger partial charge in [-0.3, -0.25) is 0 Å². The first kappa shape index (κ1) is 9.54. The summed E-state index contributed by atoms with van der Waals surface area (Å²) in [5.74, 6) is 0. The highest BCUT2D eigenvalue weighted by Crippen LogP contribution is 2.30. The monoisotopic (exact) mass is 166 g/mol. The second-order valence-corrected chi connectivity index (χ2v) is 5.08. The molecule has 2 nitrogen and oxygen atoms in total. The van der Waals surface area contributed by atoms with Gasteiger partial charge in [0.05, 0.1) is 0 Å². The van der Waals surface area contributed by atoms with E-state index in [0.717, 1.165) is 12.8 Å². The van der Waals surface area contributed by atoms with Crippen LogP contribution in [0.1, 0.15) is 40.5 Å². The van der Waals surface area contributed by atoms with E-state index < -0.39 is 0 Å². The zero-order chi connectivity index (χ0) is 9.41. The number of piperidine rings is 1. The summed E-state index contributed by atoms with van der Waals surface area (Å²) in [6.45, 7) is 15.7. The molecule has 1 radical (unpaired) electrons. The average molecular weight is 166 g/mol. The van der Waals surface area contributed by atoms with Gasteiger partial charge in [-0.15, -0.1) is 0 Å². The predicted molar refractivity (Wildman–Crippen MR) is 50.9 cm³/mol. The Morgan fingerprint density at radius 3 is 1.92 bits per heavy atom. The van der Waals surface area contributed by atoms with Crippen molar-refractivity contribution < 1.29 is 0 Å². The summed E-state index contributed by atoms with van der Waals surface area (Å²) in [6.07, 6.45) is 1.94. The van der Waals surface area contributed by atoms with E-state index in [1.165, 1.54) is 0 Å². The van der Waals surface area contributed by atoms with Gasteiger partial charge in [-0.2, -0.15) is 0 Å². The van der Waals surface area contributed by atoms with Crippen molar-refractivity contribution in [1.82, 2.24) is 5.32 Å². The van der Waals surface area contributed by atoms with Crippen LogP contribution in [0.5, 0.6) is 0 Å². The third kappa shape index (κ3) is 2.22. The molecule has 1 aliphatic heterocycles. The van der Waals surface area contributed by atoms with Crippen LogP contribution in [0.25, 0.3) is 4.85 Å². The summed E-state index contributed by atoms with van der Waals surface area (Å²) >= 11 is 0. The van der Waals surface area contributed by atoms with Gasteiger partial charge in [-0.25, -0.2) is 0 Å². The maximum absolute atomic E-state index is 7.05. The van der Waals surface area contributed by atoms with E-state index in [9.17, 15) is 0 Å². The molecule has 1 saturated heterocycles. The van der Waals surface area contributed by atoms with E-state index in [1.54, 1.807) is 0 Å². The Morgan fingerprint density at radius 1 is 1.17 bits per heavy atom. The molecular formula is C10H18N2+. The van der Waals surface area contributed by atoms with Crippen LogP contribution in [-0.2, 0) is 0 Å². The molecule has 12 heavy (non-hydrogen) atoms. The molecule has 0 saturated carbocycles. The Bertz CT molecular complexity index is 194. The topological polar surface area (TPSA) is 16.4 Å². The molecule has 0 aromatic rings. The first-order chi connectivity index (χ1) is 5.35. The molecule has 0 unspecified atom stereocenters. The van der Waals surface area contributed by atoms with Crippen molar-refractivity contribution in [3.8, 4) is 0 Å². The van der Waals surface area contributed by atoms with Gasteiger partial charge >= 0.3 is 6.57 Å². The molecule has 1 aliphatic rings. The van der Waals surface area contributed by atoms with Crippen LogP contribution in [0.2, 0.25) is 0 Å². The van der Waals surface area contributed by atoms with Crippen LogP contribution in [0, 0.1) is 6.57 Å². The van der Waals surface area contributed by atoms with Gasteiger partial charge in [-0.1, -0.05) is 4.85 Å². The van der Waals surface area contributed by atoms with E-state index in [-0.39, 0.29) is 17.1 Å². The minimum atomic E-state index is 0.122. The largest absolute Gasteiger partial charge is 0.446 e. The first-order valence-corrected chi connectivity index (χ1v) is 4.51. The fourth-order valence-corrected chi connectivity index (χ4v) is 2.36. The maximum Gasteiger partial charge on any atom is 0.446 e. The molecule has 0 aromatic carbocycles. The van der Waals surface area contributed by atoms with E-state index in [1.807, 2.05) is 0 Å². The lowest BCUT2D eigenvalue weighted by molar-refractivity contribution is 0.176. The van der Waals surface area contributed by atoms with Crippen molar-refractivity contribution in [3.05, 3.63) is 11.4 Å². The van der Waals surface area contributed by atoms with Crippen molar-refractivity contribution in [2.24, 2.45) is 0 Å². The molecule has 2 heteroatoms. The Kier molecular flexibility index (Phi) is 2.18. The standard InChI is InChI=1S/C10H18N2/c1-9(2)6-8(11-5)7-10(3,4)12-9/h8,12H,6-7H2,1-4H3/q+1. The zero-order valence-corrected chi connectivity index (χ0v) is 8.44. The number of nitrogens with one attached hydrogen (secondary N) is 1. The fourth-order valence-electron chi connectivity index (χ4n) is 2.36. The van der Waals surface area contributed by atoms with Crippen molar-refractivity contribution in [2.75, 3.05) is 0 Å². The molecule has 0 aromatic heterocycles. The molecular weight excluding hydrogens is 148 g/mol. The van der Waals surface area contributed by atoms with Crippen LogP contribution >= 0.6 is 0 Å². The van der Waals surface area contributed by atoms with Crippen molar-refractivity contribution in [2.45, 2.75) is 57.7 Å². The third-order valence-electron chi connectivity index (χ3n) is 2.35. The number of rotatable bonds is 0. The molecule has 0 amide bonds. The van der Waals surface area contributed by atoms with Crippen molar-refractivity contribution >= 4 is 0 Å². The minimum Gasteiger partial charge on any atom is -0.306 e. The SMILES string of the molecule is [C]#[N+]C1CC(C)(C)NC(C)(C)C1. The van der Waals surface area contributed by atoms with Gasteiger partial charge in [0.15, 0.2) is 0 Å². The first-order valence-electron chi connectivity index (χ1n) is 4.51. The third-order valence-corrected chi connectivity index (χ3v) is 2.35. The average Bonchev–Trinajstić information content (AvgIpc) is 1.80. The van der Waals surface area contributed by atoms with Gasteiger partial charge < -0.3 is 5.32 Å². The van der Waals surface area contributed by atoms with Gasteiger partial charge in [0.2, 0.25) is 0 Å².